The quantitative estimate of drug-likeness (QED) is 0.557. The Bertz CT molecular complexity index is 124. The summed E-state index contributed by atoms with van der Waals surface area (Å²) >= 11 is 0. The van der Waals surface area contributed by atoms with Crippen LogP contribution in [0.3, 0.4) is 0 Å². The van der Waals surface area contributed by atoms with E-state index in [1.807, 2.05) is 20.8 Å². The second kappa shape index (κ2) is 3.01. The maximum absolute atomic E-state index is 10.8. The average Bonchev–Trinajstić information content (AvgIpc) is 1.60. The van der Waals surface area contributed by atoms with Gasteiger partial charge in [0.25, 0.3) is 0 Å². The maximum atomic E-state index is 10.8. The summed E-state index contributed by atoms with van der Waals surface area (Å²) in [7, 11) is 0. The molecule has 0 fully saturated rings. The summed E-state index contributed by atoms with van der Waals surface area (Å²) in [6.07, 6.45) is -0.917. The predicted molar refractivity (Wildman–Crippen MR) is 39.6 cm³/mol. The van der Waals surface area contributed by atoms with Crippen LogP contribution in [0, 0.1) is 0 Å². The van der Waals surface area contributed by atoms with Gasteiger partial charge in [0.05, 0.1) is 0 Å². The summed E-state index contributed by atoms with van der Waals surface area (Å²) in [6.45, 7) is 7.05. The Morgan fingerprint density at radius 2 is 1.90 bits per heavy atom. The third-order valence-electron chi connectivity index (χ3n) is 0.878. The van der Waals surface area contributed by atoms with Crippen LogP contribution in [0.25, 0.3) is 0 Å². The zero-order valence-electron chi connectivity index (χ0n) is 6.93. The van der Waals surface area contributed by atoms with Gasteiger partial charge in [-0.2, -0.15) is 0 Å². The van der Waals surface area contributed by atoms with Crippen molar-refractivity contribution in [1.29, 1.82) is 0 Å². The molecule has 2 N–H and O–H groups in total. The van der Waals surface area contributed by atoms with Crippen LogP contribution in [0.5, 0.6) is 0 Å². The van der Waals surface area contributed by atoms with Gasteiger partial charge in [0.1, 0.15) is 6.10 Å². The van der Waals surface area contributed by atoms with Crippen LogP contribution in [0.1, 0.15) is 27.7 Å². The minimum absolute atomic E-state index is 0.256. The highest BCUT2D eigenvalue weighted by atomic mass is 16.3. The molecule has 0 saturated carbocycles. The summed E-state index contributed by atoms with van der Waals surface area (Å²) < 4.78 is 0. The molecular formula is C7H15NO2. The van der Waals surface area contributed by atoms with Gasteiger partial charge >= 0.3 is 0 Å². The van der Waals surface area contributed by atoms with Crippen LogP contribution in [0.4, 0.5) is 0 Å². The molecule has 0 aromatic carbocycles. The van der Waals surface area contributed by atoms with Crippen molar-refractivity contribution < 1.29 is 9.90 Å². The molecule has 0 saturated heterocycles. The third kappa shape index (κ3) is 4.32. The minimum atomic E-state index is -0.917. The first-order valence-corrected chi connectivity index (χ1v) is 3.33. The van der Waals surface area contributed by atoms with Gasteiger partial charge in [-0.05, 0) is 27.7 Å². The average molecular weight is 145 g/mol. The van der Waals surface area contributed by atoms with Crippen LogP contribution in [-0.2, 0) is 4.79 Å². The van der Waals surface area contributed by atoms with E-state index >= 15 is 0 Å². The Balaban J connectivity index is 3.81. The smallest absolute Gasteiger partial charge is 0.248 e. The van der Waals surface area contributed by atoms with Crippen molar-refractivity contribution in [3.05, 3.63) is 0 Å². The molecule has 0 heterocycles. The van der Waals surface area contributed by atoms with E-state index in [2.05, 4.69) is 5.32 Å². The van der Waals surface area contributed by atoms with Crippen molar-refractivity contribution >= 4 is 5.91 Å². The lowest BCUT2D eigenvalue weighted by Gasteiger charge is -2.21. The number of carbonyl (C=O) groups excluding carboxylic acids is 1. The Morgan fingerprint density at radius 1 is 1.50 bits per heavy atom. The van der Waals surface area contributed by atoms with Crippen molar-refractivity contribution in [2.24, 2.45) is 0 Å². The van der Waals surface area contributed by atoms with E-state index in [1.54, 1.807) is 0 Å². The second-order valence-electron chi connectivity index (χ2n) is 3.42. The van der Waals surface area contributed by atoms with E-state index in [0.717, 1.165) is 0 Å². The summed E-state index contributed by atoms with van der Waals surface area (Å²) in [5, 5.41) is 11.4. The Hall–Kier alpha value is -0.570. The number of nitrogens with one attached hydrogen (secondary N) is 1. The molecule has 0 rings (SSSR count). The fraction of sp³-hybridized carbons (Fsp3) is 0.857. The second-order valence-corrected chi connectivity index (χ2v) is 3.42. The lowest BCUT2D eigenvalue weighted by atomic mass is 10.1. The van der Waals surface area contributed by atoms with E-state index in [-0.39, 0.29) is 11.4 Å². The molecule has 0 aliphatic carbocycles. The first-order chi connectivity index (χ1) is 4.33. The number of amides is 1. The SMILES string of the molecule is C[C@H](O)C(=O)NC(C)(C)C. The van der Waals surface area contributed by atoms with Crippen molar-refractivity contribution in [1.82, 2.24) is 5.32 Å². The molecule has 0 aromatic rings. The van der Waals surface area contributed by atoms with E-state index in [1.165, 1.54) is 6.92 Å². The summed E-state index contributed by atoms with van der Waals surface area (Å²) in [5.41, 5.74) is -0.256. The molecule has 60 valence electrons. The Kier molecular flexibility index (Phi) is 2.84. The molecule has 10 heavy (non-hydrogen) atoms. The minimum Gasteiger partial charge on any atom is -0.384 e. The number of aliphatic hydroxyl groups excluding tert-OH is 1. The summed E-state index contributed by atoms with van der Waals surface area (Å²) in [6, 6.07) is 0. The molecule has 0 bridgehead atoms. The molecule has 1 amide bonds. The fourth-order valence-corrected chi connectivity index (χ4v) is 0.474. The van der Waals surface area contributed by atoms with Gasteiger partial charge in [-0.25, -0.2) is 0 Å². The van der Waals surface area contributed by atoms with Crippen LogP contribution >= 0.6 is 0 Å². The monoisotopic (exact) mass is 145 g/mol. The number of hydrogen-bond donors (Lipinski definition) is 2. The third-order valence-corrected chi connectivity index (χ3v) is 0.878. The van der Waals surface area contributed by atoms with Gasteiger partial charge < -0.3 is 10.4 Å². The predicted octanol–water partition coefficient (Wildman–Crippen LogP) is 0.282. The maximum Gasteiger partial charge on any atom is 0.248 e. The van der Waals surface area contributed by atoms with Crippen molar-refractivity contribution in [2.45, 2.75) is 39.3 Å². The number of hydrogen-bond acceptors (Lipinski definition) is 2. The number of rotatable bonds is 1. The van der Waals surface area contributed by atoms with Gasteiger partial charge in [0.15, 0.2) is 0 Å². The van der Waals surface area contributed by atoms with Crippen molar-refractivity contribution in [2.75, 3.05) is 0 Å². The molecule has 3 heteroatoms. The lowest BCUT2D eigenvalue weighted by Crippen LogP contribution is -2.44. The molecule has 0 unspecified atom stereocenters. The summed E-state index contributed by atoms with van der Waals surface area (Å²) in [5.74, 6) is -0.326. The first-order valence-electron chi connectivity index (χ1n) is 3.33. The van der Waals surface area contributed by atoms with Crippen LogP contribution in [0.2, 0.25) is 0 Å². The molecule has 0 aromatic heterocycles. The van der Waals surface area contributed by atoms with E-state index in [4.69, 9.17) is 5.11 Å². The van der Waals surface area contributed by atoms with E-state index < -0.39 is 6.10 Å². The Morgan fingerprint density at radius 3 is 2.00 bits per heavy atom. The topological polar surface area (TPSA) is 49.3 Å². The standard InChI is InChI=1S/C7H15NO2/c1-5(9)6(10)8-7(2,3)4/h5,9H,1-4H3,(H,8,10)/t5-/m0/s1. The highest BCUT2D eigenvalue weighted by Crippen LogP contribution is 1.98. The summed E-state index contributed by atoms with van der Waals surface area (Å²) in [4.78, 5) is 10.8. The first kappa shape index (κ1) is 9.43. The molecule has 0 aliphatic heterocycles. The van der Waals surface area contributed by atoms with Gasteiger partial charge in [-0.15, -0.1) is 0 Å². The molecule has 0 aliphatic rings. The lowest BCUT2D eigenvalue weighted by molar-refractivity contribution is -0.129. The van der Waals surface area contributed by atoms with Gasteiger partial charge in [0.2, 0.25) is 5.91 Å². The zero-order chi connectivity index (χ0) is 8.36. The number of aliphatic hydroxyl groups is 1. The van der Waals surface area contributed by atoms with Crippen LogP contribution in [-0.4, -0.2) is 22.7 Å². The van der Waals surface area contributed by atoms with Gasteiger partial charge in [0, 0.05) is 5.54 Å². The van der Waals surface area contributed by atoms with E-state index in [9.17, 15) is 4.79 Å². The van der Waals surface area contributed by atoms with Crippen LogP contribution in [0.15, 0.2) is 0 Å². The van der Waals surface area contributed by atoms with Crippen LogP contribution < -0.4 is 5.32 Å². The van der Waals surface area contributed by atoms with Crippen molar-refractivity contribution in [3.8, 4) is 0 Å². The van der Waals surface area contributed by atoms with Crippen molar-refractivity contribution in [3.63, 3.8) is 0 Å². The molecule has 1 atom stereocenters. The van der Waals surface area contributed by atoms with Gasteiger partial charge in [-0.1, -0.05) is 0 Å². The molecular weight excluding hydrogens is 130 g/mol. The zero-order valence-corrected chi connectivity index (χ0v) is 6.93. The highest BCUT2D eigenvalue weighted by Gasteiger charge is 2.16. The highest BCUT2D eigenvalue weighted by molar-refractivity contribution is 5.80. The van der Waals surface area contributed by atoms with Gasteiger partial charge in [-0.3, -0.25) is 4.79 Å². The van der Waals surface area contributed by atoms with E-state index in [0.29, 0.717) is 0 Å². The molecule has 0 radical (unpaired) electrons. The molecule has 3 nitrogen and oxygen atoms in total. The Labute approximate surface area is 61.4 Å². The largest absolute Gasteiger partial charge is 0.384 e. The molecule has 0 spiro atoms. The number of carbonyl (C=O) groups is 1. The fourth-order valence-electron chi connectivity index (χ4n) is 0.474. The normalized spacial score (nSPS) is 14.5.